The zero-order valence-electron chi connectivity index (χ0n) is 14.0. The molecule has 0 spiro atoms. The Balaban J connectivity index is 1.83. The standard InChI is InChI=1S/C18H21O6P/c1-22-25(20,21)24-13-11-18(19)16-8-5-9-17(14-16)23-12-10-15-6-3-2-4-7-15/h2-9,14H,10-13H2,1H3,(H,20,21). The number of phosphoric acid groups is 1. The van der Waals surface area contributed by atoms with E-state index in [0.717, 1.165) is 13.5 Å². The van der Waals surface area contributed by atoms with Gasteiger partial charge in [0.25, 0.3) is 0 Å². The molecule has 0 aliphatic heterocycles. The van der Waals surface area contributed by atoms with Crippen LogP contribution in [-0.2, 0) is 20.0 Å². The fraction of sp³-hybridized carbons (Fsp3) is 0.278. The van der Waals surface area contributed by atoms with Gasteiger partial charge in [0.2, 0.25) is 0 Å². The minimum absolute atomic E-state index is 0.0264. The number of phosphoric ester groups is 1. The molecular weight excluding hydrogens is 343 g/mol. The van der Waals surface area contributed by atoms with Crippen molar-refractivity contribution < 1.29 is 28.0 Å². The van der Waals surface area contributed by atoms with Crippen LogP contribution < -0.4 is 4.74 Å². The molecule has 0 aliphatic rings. The quantitative estimate of drug-likeness (QED) is 0.512. The highest BCUT2D eigenvalue weighted by molar-refractivity contribution is 7.47. The molecule has 1 N–H and O–H groups in total. The Morgan fingerprint density at radius 2 is 1.84 bits per heavy atom. The number of ketones is 1. The van der Waals surface area contributed by atoms with Crippen LogP contribution in [0.1, 0.15) is 22.3 Å². The van der Waals surface area contributed by atoms with Crippen LogP contribution in [0.25, 0.3) is 0 Å². The first-order valence-corrected chi connectivity index (χ1v) is 9.33. The number of Topliss-reactive ketones (excluding diaryl/α,β-unsaturated/α-hetero) is 1. The van der Waals surface area contributed by atoms with E-state index in [1.807, 2.05) is 30.3 Å². The molecule has 2 rings (SSSR count). The maximum absolute atomic E-state index is 12.1. The summed E-state index contributed by atoms with van der Waals surface area (Å²) < 4.78 is 25.8. The fourth-order valence-corrected chi connectivity index (χ4v) is 2.57. The Kier molecular flexibility index (Phi) is 7.34. The first kappa shape index (κ1) is 19.3. The van der Waals surface area contributed by atoms with E-state index in [2.05, 4.69) is 9.05 Å². The largest absolute Gasteiger partial charge is 0.493 e. The fourth-order valence-electron chi connectivity index (χ4n) is 2.14. The first-order chi connectivity index (χ1) is 12.0. The van der Waals surface area contributed by atoms with Gasteiger partial charge in [-0.1, -0.05) is 42.5 Å². The van der Waals surface area contributed by atoms with Gasteiger partial charge < -0.3 is 9.63 Å². The van der Waals surface area contributed by atoms with Crippen molar-refractivity contribution in [2.45, 2.75) is 12.8 Å². The van der Waals surface area contributed by atoms with Gasteiger partial charge in [0.15, 0.2) is 5.78 Å². The summed E-state index contributed by atoms with van der Waals surface area (Å²) in [4.78, 5) is 21.2. The summed E-state index contributed by atoms with van der Waals surface area (Å²) in [5, 5.41) is 0. The highest BCUT2D eigenvalue weighted by Crippen LogP contribution is 2.41. The molecule has 0 bridgehead atoms. The van der Waals surface area contributed by atoms with Crippen LogP contribution in [-0.4, -0.2) is 31.0 Å². The van der Waals surface area contributed by atoms with Crippen molar-refractivity contribution >= 4 is 13.6 Å². The van der Waals surface area contributed by atoms with Gasteiger partial charge in [-0.05, 0) is 17.7 Å². The van der Waals surface area contributed by atoms with Crippen LogP contribution in [0.15, 0.2) is 54.6 Å². The second-order valence-electron chi connectivity index (χ2n) is 5.27. The minimum Gasteiger partial charge on any atom is -0.493 e. The third kappa shape index (κ3) is 6.80. The summed E-state index contributed by atoms with van der Waals surface area (Å²) in [7, 11) is -2.98. The highest BCUT2D eigenvalue weighted by atomic mass is 31.2. The summed E-state index contributed by atoms with van der Waals surface area (Å²) in [5.74, 6) is 0.400. The maximum Gasteiger partial charge on any atom is 0.471 e. The van der Waals surface area contributed by atoms with Crippen LogP contribution in [0.4, 0.5) is 0 Å². The van der Waals surface area contributed by atoms with E-state index >= 15 is 0 Å². The normalized spacial score (nSPS) is 13.2. The van der Waals surface area contributed by atoms with Gasteiger partial charge in [0.05, 0.1) is 13.2 Å². The first-order valence-electron chi connectivity index (χ1n) is 7.83. The molecule has 1 atom stereocenters. The number of carbonyl (C=O) groups is 1. The lowest BCUT2D eigenvalue weighted by Crippen LogP contribution is -2.06. The van der Waals surface area contributed by atoms with Crippen molar-refractivity contribution in [1.29, 1.82) is 0 Å². The van der Waals surface area contributed by atoms with Gasteiger partial charge in [-0.25, -0.2) is 4.57 Å². The third-order valence-corrected chi connectivity index (χ3v) is 4.44. The van der Waals surface area contributed by atoms with Crippen LogP contribution in [0, 0.1) is 0 Å². The summed E-state index contributed by atoms with van der Waals surface area (Å²) >= 11 is 0. The van der Waals surface area contributed by atoms with E-state index < -0.39 is 7.82 Å². The zero-order valence-corrected chi connectivity index (χ0v) is 14.9. The molecule has 0 saturated heterocycles. The monoisotopic (exact) mass is 364 g/mol. The average molecular weight is 364 g/mol. The lowest BCUT2D eigenvalue weighted by atomic mass is 10.1. The Hall–Kier alpha value is -1.98. The molecule has 25 heavy (non-hydrogen) atoms. The maximum atomic E-state index is 12.1. The van der Waals surface area contributed by atoms with Gasteiger partial charge in [0.1, 0.15) is 5.75 Å². The van der Waals surface area contributed by atoms with Gasteiger partial charge in [-0.3, -0.25) is 13.8 Å². The summed E-state index contributed by atoms with van der Waals surface area (Å²) in [6.45, 7) is 0.311. The Labute approximate surface area is 147 Å². The molecule has 7 heteroatoms. The van der Waals surface area contributed by atoms with Crippen molar-refractivity contribution in [2.24, 2.45) is 0 Å². The Morgan fingerprint density at radius 1 is 1.08 bits per heavy atom. The minimum atomic E-state index is -4.05. The van der Waals surface area contributed by atoms with Crippen molar-refractivity contribution in [2.75, 3.05) is 20.3 Å². The smallest absolute Gasteiger partial charge is 0.471 e. The zero-order chi connectivity index (χ0) is 18.1. The topological polar surface area (TPSA) is 82.1 Å². The number of hydrogen-bond acceptors (Lipinski definition) is 5. The molecule has 0 fully saturated rings. The summed E-state index contributed by atoms with van der Waals surface area (Å²) in [5.41, 5.74) is 1.64. The van der Waals surface area contributed by atoms with Crippen LogP contribution in [0.5, 0.6) is 5.75 Å². The Bertz CT molecular complexity index is 731. The van der Waals surface area contributed by atoms with E-state index in [0.29, 0.717) is 17.9 Å². The lowest BCUT2D eigenvalue weighted by Gasteiger charge is -2.09. The molecule has 0 amide bonds. The molecule has 0 radical (unpaired) electrons. The molecule has 0 heterocycles. The van der Waals surface area contributed by atoms with Gasteiger partial charge in [-0.15, -0.1) is 0 Å². The Morgan fingerprint density at radius 3 is 2.56 bits per heavy atom. The number of benzene rings is 2. The second kappa shape index (κ2) is 9.49. The molecule has 2 aromatic carbocycles. The number of rotatable bonds is 10. The average Bonchev–Trinajstić information content (AvgIpc) is 2.63. The molecule has 6 nitrogen and oxygen atoms in total. The van der Waals surface area contributed by atoms with Gasteiger partial charge in [-0.2, -0.15) is 0 Å². The lowest BCUT2D eigenvalue weighted by molar-refractivity contribution is 0.0946. The van der Waals surface area contributed by atoms with E-state index in [1.54, 1.807) is 24.3 Å². The SMILES string of the molecule is COP(=O)(O)OCCC(=O)c1cccc(OCCc2ccccc2)c1. The van der Waals surface area contributed by atoms with Gasteiger partial charge >= 0.3 is 7.82 Å². The predicted molar refractivity (Wildman–Crippen MR) is 93.8 cm³/mol. The van der Waals surface area contributed by atoms with Crippen molar-refractivity contribution in [3.63, 3.8) is 0 Å². The molecule has 0 aromatic heterocycles. The third-order valence-electron chi connectivity index (χ3n) is 3.47. The molecular formula is C18H21O6P. The summed E-state index contributed by atoms with van der Waals surface area (Å²) in [6, 6.07) is 16.8. The van der Waals surface area contributed by atoms with Gasteiger partial charge in [0, 0.05) is 25.5 Å². The van der Waals surface area contributed by atoms with E-state index in [4.69, 9.17) is 9.63 Å². The van der Waals surface area contributed by atoms with Crippen molar-refractivity contribution in [3.8, 4) is 5.75 Å². The van der Waals surface area contributed by atoms with Crippen molar-refractivity contribution in [1.82, 2.24) is 0 Å². The van der Waals surface area contributed by atoms with Crippen LogP contribution in [0.2, 0.25) is 0 Å². The highest BCUT2D eigenvalue weighted by Gasteiger charge is 2.19. The number of carbonyl (C=O) groups excluding carboxylic acids is 1. The molecule has 0 aliphatic carbocycles. The van der Waals surface area contributed by atoms with Crippen LogP contribution in [0.3, 0.4) is 0 Å². The van der Waals surface area contributed by atoms with Crippen molar-refractivity contribution in [3.05, 3.63) is 65.7 Å². The van der Waals surface area contributed by atoms with E-state index in [9.17, 15) is 9.36 Å². The second-order valence-corrected chi connectivity index (χ2v) is 6.83. The predicted octanol–water partition coefficient (Wildman–Crippen LogP) is 3.64. The van der Waals surface area contributed by atoms with Crippen LogP contribution >= 0.6 is 7.82 Å². The van der Waals surface area contributed by atoms with E-state index in [-0.39, 0.29) is 18.8 Å². The number of ether oxygens (including phenoxy) is 1. The number of hydrogen-bond donors (Lipinski definition) is 1. The summed E-state index contributed by atoms with van der Waals surface area (Å²) in [6.07, 6.45) is 0.747. The molecule has 134 valence electrons. The molecule has 0 saturated carbocycles. The molecule has 2 aromatic rings. The molecule has 1 unspecified atom stereocenters. The van der Waals surface area contributed by atoms with E-state index in [1.165, 1.54) is 5.56 Å².